The molecular weight excluding hydrogens is 199 g/mol. The molecule has 0 N–H and O–H groups in total. The van der Waals surface area contributed by atoms with Gasteiger partial charge in [-0.1, -0.05) is 54.6 Å². The van der Waals surface area contributed by atoms with Gasteiger partial charge in [-0.05, 0) is 35.7 Å². The van der Waals surface area contributed by atoms with E-state index in [9.17, 15) is 0 Å². The van der Waals surface area contributed by atoms with Crippen molar-refractivity contribution in [3.63, 3.8) is 0 Å². The molecule has 0 spiro atoms. The molecule has 1 aliphatic rings. The monoisotopic (exact) mass is 209 g/mol. The molecule has 15 heavy (non-hydrogen) atoms. The quantitative estimate of drug-likeness (QED) is 0.633. The molecule has 1 radical (unpaired) electrons. The van der Waals surface area contributed by atoms with Crippen LogP contribution in [0.2, 0.25) is 0 Å². The predicted molar refractivity (Wildman–Crippen MR) is 66.0 cm³/mol. The van der Waals surface area contributed by atoms with E-state index >= 15 is 0 Å². The van der Waals surface area contributed by atoms with Gasteiger partial charge in [0.2, 0.25) is 0 Å². The van der Waals surface area contributed by atoms with Crippen LogP contribution in [0.3, 0.4) is 0 Å². The lowest BCUT2D eigenvalue weighted by Gasteiger charge is -2.00. The van der Waals surface area contributed by atoms with E-state index < -0.39 is 0 Å². The smallest absolute Gasteiger partial charge is 0.0000975 e. The van der Waals surface area contributed by atoms with Gasteiger partial charge in [0.25, 0.3) is 0 Å². The van der Waals surface area contributed by atoms with Crippen molar-refractivity contribution in [1.82, 2.24) is 0 Å². The van der Waals surface area contributed by atoms with Gasteiger partial charge in [0, 0.05) is 0 Å². The molecule has 0 saturated heterocycles. The minimum absolute atomic E-state index is 1.31. The van der Waals surface area contributed by atoms with Gasteiger partial charge in [0.05, 0.1) is 0 Å². The van der Waals surface area contributed by atoms with Gasteiger partial charge in [0.1, 0.15) is 0 Å². The van der Waals surface area contributed by atoms with E-state index in [1.165, 1.54) is 29.9 Å². The summed E-state index contributed by atoms with van der Waals surface area (Å²) in [7, 11) is 1.31. The number of benzene rings is 2. The third-order valence-electron chi connectivity index (χ3n) is 2.60. The number of hydrogen-bond acceptors (Lipinski definition) is 0. The topological polar surface area (TPSA) is 0 Å². The molecule has 2 aromatic rings. The van der Waals surface area contributed by atoms with Gasteiger partial charge < -0.3 is 0 Å². The van der Waals surface area contributed by atoms with Crippen molar-refractivity contribution in [2.45, 2.75) is 0 Å². The van der Waals surface area contributed by atoms with Crippen LogP contribution in [0.15, 0.2) is 54.6 Å². The van der Waals surface area contributed by atoms with Crippen LogP contribution in [0.25, 0.3) is 11.1 Å². The second-order valence-corrected chi connectivity index (χ2v) is 4.52. The van der Waals surface area contributed by atoms with E-state index in [2.05, 4.69) is 60.4 Å². The molecule has 0 bridgehead atoms. The van der Waals surface area contributed by atoms with Crippen molar-refractivity contribution < 1.29 is 0 Å². The van der Waals surface area contributed by atoms with Gasteiger partial charge in [-0.25, -0.2) is 0 Å². The molecule has 0 amide bonds. The molecule has 0 fully saturated rings. The van der Waals surface area contributed by atoms with Crippen LogP contribution < -0.4 is 10.4 Å². The maximum atomic E-state index is 2.28. The largest absolute Gasteiger partial charge is 0.0622 e. The van der Waals surface area contributed by atoms with Crippen LogP contribution in [-0.2, 0) is 0 Å². The van der Waals surface area contributed by atoms with Gasteiger partial charge in [-0.2, -0.15) is 0 Å². The first-order valence-corrected chi connectivity index (χ1v) is 5.97. The average molecular weight is 209 g/mol. The minimum atomic E-state index is 1.31. The van der Waals surface area contributed by atoms with E-state index in [-0.39, 0.29) is 0 Å². The Morgan fingerprint density at radius 3 is 2.33 bits per heavy atom. The molecule has 1 heterocycles. The van der Waals surface area contributed by atoms with Crippen LogP contribution in [0, 0.1) is 0 Å². The highest BCUT2D eigenvalue weighted by atomic mass is 31.1. The number of rotatable bonds is 1. The zero-order chi connectivity index (χ0) is 10.1. The molecule has 0 atom stereocenters. The summed E-state index contributed by atoms with van der Waals surface area (Å²) < 4.78 is 0. The molecule has 0 saturated carbocycles. The third-order valence-corrected chi connectivity index (χ3v) is 3.76. The maximum absolute atomic E-state index is 2.28. The lowest BCUT2D eigenvalue weighted by atomic mass is 10.1. The highest BCUT2D eigenvalue weighted by molar-refractivity contribution is 7.59. The van der Waals surface area contributed by atoms with Crippen molar-refractivity contribution in [3.8, 4) is 0 Å². The van der Waals surface area contributed by atoms with Crippen LogP contribution in [0.4, 0.5) is 0 Å². The molecule has 0 nitrogen and oxygen atoms in total. The van der Waals surface area contributed by atoms with Crippen LogP contribution >= 0.6 is 8.58 Å². The Balaban J connectivity index is 2.31. The fraction of sp³-hybridized carbons (Fsp3) is 0. The van der Waals surface area contributed by atoms with Gasteiger partial charge >= 0.3 is 0 Å². The van der Waals surface area contributed by atoms with Gasteiger partial charge in [-0.15, -0.1) is 0 Å². The van der Waals surface area contributed by atoms with Crippen molar-refractivity contribution in [1.29, 1.82) is 0 Å². The second kappa shape index (κ2) is 3.64. The summed E-state index contributed by atoms with van der Waals surface area (Å²) in [4.78, 5) is 0. The SMILES string of the molecule is C1=c2ccccc2=C(c2ccccc2)[P]1. The summed E-state index contributed by atoms with van der Waals surface area (Å²) in [6.45, 7) is 0. The number of fused-ring (bicyclic) bond motifs is 1. The fourth-order valence-electron chi connectivity index (χ4n) is 1.85. The Morgan fingerprint density at radius 1 is 0.733 bits per heavy atom. The Morgan fingerprint density at radius 2 is 1.47 bits per heavy atom. The molecular formula is C14H10P. The zero-order valence-corrected chi connectivity index (χ0v) is 9.12. The Bertz CT molecular complexity index is 597. The Hall–Kier alpha value is -1.39. The molecule has 3 rings (SSSR count). The van der Waals surface area contributed by atoms with E-state index in [1.54, 1.807) is 0 Å². The lowest BCUT2D eigenvalue weighted by molar-refractivity contribution is 1.51. The van der Waals surface area contributed by atoms with Crippen molar-refractivity contribution in [3.05, 3.63) is 70.6 Å². The minimum Gasteiger partial charge on any atom is -0.0622 e. The summed E-state index contributed by atoms with van der Waals surface area (Å²) in [5.41, 5.74) is 1.33. The van der Waals surface area contributed by atoms with Gasteiger partial charge in [0.15, 0.2) is 0 Å². The normalized spacial score (nSPS) is 15.1. The first kappa shape index (κ1) is 8.88. The summed E-state index contributed by atoms with van der Waals surface area (Å²) in [5, 5.41) is 4.16. The van der Waals surface area contributed by atoms with Crippen molar-refractivity contribution in [2.24, 2.45) is 0 Å². The van der Waals surface area contributed by atoms with Crippen LogP contribution in [-0.4, -0.2) is 0 Å². The van der Waals surface area contributed by atoms with E-state index in [0.29, 0.717) is 0 Å². The standard InChI is InChI=1S/C14H10P/c1-2-6-11(7-3-1)14-13-9-5-4-8-12(13)10-15-14/h1-10H. The fourth-order valence-corrected chi connectivity index (χ4v) is 2.99. The summed E-state index contributed by atoms with van der Waals surface area (Å²) in [6, 6.07) is 19.2. The van der Waals surface area contributed by atoms with E-state index in [1.807, 2.05) is 0 Å². The van der Waals surface area contributed by atoms with Crippen LogP contribution in [0.1, 0.15) is 5.56 Å². The Kier molecular flexibility index (Phi) is 2.16. The summed E-state index contributed by atoms with van der Waals surface area (Å²) in [5.74, 6) is 2.28. The molecule has 0 aromatic heterocycles. The number of hydrogen-bond donors (Lipinski definition) is 0. The molecule has 0 aliphatic carbocycles. The third kappa shape index (κ3) is 1.52. The maximum Gasteiger partial charge on any atom is -0.0000975 e. The highest BCUT2D eigenvalue weighted by Crippen LogP contribution is 2.33. The molecule has 1 heteroatoms. The second-order valence-electron chi connectivity index (χ2n) is 3.56. The summed E-state index contributed by atoms with van der Waals surface area (Å²) in [6.07, 6.45) is 0. The Labute approximate surface area is 90.7 Å². The van der Waals surface area contributed by atoms with Crippen molar-refractivity contribution in [2.75, 3.05) is 0 Å². The first-order chi connectivity index (χ1) is 7.45. The molecule has 71 valence electrons. The predicted octanol–water partition coefficient (Wildman–Crippen LogP) is 2.54. The van der Waals surface area contributed by atoms with Crippen molar-refractivity contribution >= 4 is 19.7 Å². The van der Waals surface area contributed by atoms with E-state index in [0.717, 1.165) is 0 Å². The average Bonchev–Trinajstić information content (AvgIpc) is 2.74. The molecule has 1 aliphatic heterocycles. The first-order valence-electron chi connectivity index (χ1n) is 5.01. The van der Waals surface area contributed by atoms with Gasteiger partial charge in [-0.3, -0.25) is 0 Å². The highest BCUT2D eigenvalue weighted by Gasteiger charge is 2.06. The van der Waals surface area contributed by atoms with Crippen LogP contribution in [0.5, 0.6) is 0 Å². The van der Waals surface area contributed by atoms with E-state index in [4.69, 9.17) is 0 Å². The molecule has 2 aromatic carbocycles. The zero-order valence-electron chi connectivity index (χ0n) is 8.22. The lowest BCUT2D eigenvalue weighted by Crippen LogP contribution is -2.21. The molecule has 0 unspecified atom stereocenters. The summed E-state index contributed by atoms with van der Waals surface area (Å²) >= 11 is 0.